The zero-order valence-corrected chi connectivity index (χ0v) is 19.5. The first-order chi connectivity index (χ1) is 13.9. The predicted octanol–water partition coefficient (Wildman–Crippen LogP) is 6.02. The van der Waals surface area contributed by atoms with Crippen LogP contribution in [0, 0.1) is 0 Å². The Morgan fingerprint density at radius 2 is 1.93 bits per heavy atom. The number of benzene rings is 2. The van der Waals surface area contributed by atoms with Crippen LogP contribution in [0.1, 0.15) is 11.1 Å². The number of methoxy groups -OCH3 is 1. The molecule has 29 heavy (non-hydrogen) atoms. The quantitative estimate of drug-likeness (QED) is 0.318. The van der Waals surface area contributed by atoms with Crippen molar-refractivity contribution in [2.45, 2.75) is 6.54 Å². The maximum Gasteiger partial charge on any atom is 0.293 e. The molecular weight excluding hydrogens is 522 g/mol. The zero-order valence-electron chi connectivity index (χ0n) is 15.5. The van der Waals surface area contributed by atoms with E-state index in [0.29, 0.717) is 33.0 Å². The lowest BCUT2D eigenvalue weighted by Gasteiger charge is -2.14. The van der Waals surface area contributed by atoms with Crippen molar-refractivity contribution in [2.24, 2.45) is 0 Å². The molecular formula is C21H17Br2NO4S. The van der Waals surface area contributed by atoms with Crippen LogP contribution in [-0.2, 0) is 11.3 Å². The lowest BCUT2D eigenvalue weighted by molar-refractivity contribution is -0.123. The molecule has 5 nitrogen and oxygen atoms in total. The van der Waals surface area contributed by atoms with E-state index in [1.807, 2.05) is 30.3 Å². The lowest BCUT2D eigenvalue weighted by Crippen LogP contribution is -2.27. The van der Waals surface area contributed by atoms with Crippen molar-refractivity contribution < 1.29 is 19.1 Å². The minimum Gasteiger partial charge on any atom is -0.493 e. The Morgan fingerprint density at radius 1 is 1.17 bits per heavy atom. The Hall–Kier alpha value is -2.03. The molecule has 2 aromatic carbocycles. The first-order valence-corrected chi connectivity index (χ1v) is 10.9. The van der Waals surface area contributed by atoms with Crippen LogP contribution in [0.25, 0.3) is 6.08 Å². The van der Waals surface area contributed by atoms with E-state index in [-0.39, 0.29) is 17.7 Å². The molecule has 0 saturated carbocycles. The molecule has 2 aromatic rings. The summed E-state index contributed by atoms with van der Waals surface area (Å²) in [7, 11) is 1.54. The largest absolute Gasteiger partial charge is 0.493 e. The van der Waals surface area contributed by atoms with E-state index in [1.54, 1.807) is 18.2 Å². The van der Waals surface area contributed by atoms with Gasteiger partial charge in [-0.2, -0.15) is 0 Å². The van der Waals surface area contributed by atoms with Crippen molar-refractivity contribution >= 4 is 60.8 Å². The number of rotatable bonds is 7. The van der Waals surface area contributed by atoms with Gasteiger partial charge in [0, 0.05) is 4.47 Å². The van der Waals surface area contributed by atoms with Crippen molar-refractivity contribution in [2.75, 3.05) is 13.7 Å². The number of hydrogen-bond donors (Lipinski definition) is 0. The Kier molecular flexibility index (Phi) is 7.21. The number of halogens is 2. The number of thioether (sulfide) groups is 1. The Bertz CT molecular complexity index is 1010. The first-order valence-electron chi connectivity index (χ1n) is 8.54. The van der Waals surface area contributed by atoms with Crippen LogP contribution in [0.3, 0.4) is 0 Å². The number of amides is 2. The summed E-state index contributed by atoms with van der Waals surface area (Å²) < 4.78 is 12.5. The molecule has 0 radical (unpaired) electrons. The van der Waals surface area contributed by atoms with Crippen molar-refractivity contribution in [3.63, 3.8) is 0 Å². The maximum absolute atomic E-state index is 12.8. The molecule has 1 heterocycles. The number of carbonyl (C=O) groups excluding carboxylic acids is 2. The standard InChI is InChI=1S/C21H17Br2NO4S/c1-3-8-28-19-16(23)9-13(10-17(19)27-2)11-18-20(25)24(21(26)29-18)12-14-6-4-5-7-15(14)22/h3-7,9-11H,1,8,12H2,2H3/b18-11-. The van der Waals surface area contributed by atoms with Gasteiger partial charge in [-0.05, 0) is 63.1 Å². The molecule has 0 aromatic heterocycles. The fourth-order valence-electron chi connectivity index (χ4n) is 2.69. The van der Waals surface area contributed by atoms with Gasteiger partial charge in [0.1, 0.15) is 6.61 Å². The predicted molar refractivity (Wildman–Crippen MR) is 122 cm³/mol. The molecule has 0 unspecified atom stereocenters. The van der Waals surface area contributed by atoms with Crippen LogP contribution in [0.5, 0.6) is 11.5 Å². The minimum atomic E-state index is -0.321. The van der Waals surface area contributed by atoms with Crippen LogP contribution in [-0.4, -0.2) is 29.8 Å². The smallest absolute Gasteiger partial charge is 0.293 e. The molecule has 0 atom stereocenters. The van der Waals surface area contributed by atoms with Gasteiger partial charge in [0.2, 0.25) is 0 Å². The van der Waals surface area contributed by atoms with E-state index in [2.05, 4.69) is 38.4 Å². The summed E-state index contributed by atoms with van der Waals surface area (Å²) >= 11 is 7.84. The fourth-order valence-corrected chi connectivity index (χ4v) is 4.51. The highest BCUT2D eigenvalue weighted by Gasteiger charge is 2.35. The second-order valence-corrected chi connectivity index (χ2v) is 8.69. The lowest BCUT2D eigenvalue weighted by atomic mass is 10.1. The van der Waals surface area contributed by atoms with Crippen molar-refractivity contribution in [1.29, 1.82) is 0 Å². The van der Waals surface area contributed by atoms with E-state index in [1.165, 1.54) is 12.0 Å². The highest BCUT2D eigenvalue weighted by Crippen LogP contribution is 2.39. The van der Waals surface area contributed by atoms with Gasteiger partial charge in [-0.1, -0.05) is 46.8 Å². The normalized spacial score (nSPS) is 15.1. The average Bonchev–Trinajstić information content (AvgIpc) is 2.95. The van der Waals surface area contributed by atoms with E-state index >= 15 is 0 Å². The van der Waals surface area contributed by atoms with Crippen LogP contribution in [0.2, 0.25) is 0 Å². The number of hydrogen-bond acceptors (Lipinski definition) is 5. The molecule has 150 valence electrons. The van der Waals surface area contributed by atoms with Gasteiger partial charge in [-0.3, -0.25) is 14.5 Å². The van der Waals surface area contributed by atoms with E-state index in [0.717, 1.165) is 21.8 Å². The van der Waals surface area contributed by atoms with Gasteiger partial charge in [0.25, 0.3) is 11.1 Å². The van der Waals surface area contributed by atoms with Gasteiger partial charge >= 0.3 is 0 Å². The highest BCUT2D eigenvalue weighted by atomic mass is 79.9. The van der Waals surface area contributed by atoms with E-state index in [9.17, 15) is 9.59 Å². The molecule has 0 bridgehead atoms. The summed E-state index contributed by atoms with van der Waals surface area (Å²) in [5.41, 5.74) is 1.58. The average molecular weight is 539 g/mol. The molecule has 0 aliphatic carbocycles. The van der Waals surface area contributed by atoms with Crippen molar-refractivity contribution in [1.82, 2.24) is 4.90 Å². The fraction of sp³-hybridized carbons (Fsp3) is 0.143. The Labute approximate surface area is 190 Å². The molecule has 1 fully saturated rings. The third-order valence-electron chi connectivity index (χ3n) is 4.05. The summed E-state index contributed by atoms with van der Waals surface area (Å²) in [6, 6.07) is 11.1. The molecule has 2 amide bonds. The number of nitrogens with zero attached hydrogens (tertiary/aromatic N) is 1. The van der Waals surface area contributed by atoms with Crippen LogP contribution in [0.4, 0.5) is 4.79 Å². The van der Waals surface area contributed by atoms with Gasteiger partial charge < -0.3 is 9.47 Å². The topological polar surface area (TPSA) is 55.8 Å². The van der Waals surface area contributed by atoms with E-state index < -0.39 is 0 Å². The summed E-state index contributed by atoms with van der Waals surface area (Å²) in [5.74, 6) is 0.740. The molecule has 0 spiro atoms. The molecule has 8 heteroatoms. The van der Waals surface area contributed by atoms with E-state index in [4.69, 9.17) is 9.47 Å². The van der Waals surface area contributed by atoms with Gasteiger partial charge in [-0.25, -0.2) is 0 Å². The summed E-state index contributed by atoms with van der Waals surface area (Å²) in [5, 5.41) is -0.297. The second kappa shape index (κ2) is 9.65. The van der Waals surface area contributed by atoms with Crippen molar-refractivity contribution in [3.05, 3.63) is 74.0 Å². The minimum absolute atomic E-state index is 0.213. The summed E-state index contributed by atoms with van der Waals surface area (Å²) in [6.07, 6.45) is 3.32. The van der Waals surface area contributed by atoms with Crippen LogP contribution in [0.15, 0.2) is 62.9 Å². The number of ether oxygens (including phenoxy) is 2. The van der Waals surface area contributed by atoms with Crippen LogP contribution < -0.4 is 9.47 Å². The third-order valence-corrected chi connectivity index (χ3v) is 6.32. The highest BCUT2D eigenvalue weighted by molar-refractivity contribution is 9.10. The van der Waals surface area contributed by atoms with Gasteiger partial charge in [0.05, 0.1) is 23.0 Å². The Morgan fingerprint density at radius 3 is 2.62 bits per heavy atom. The Balaban J connectivity index is 1.86. The molecule has 1 saturated heterocycles. The third kappa shape index (κ3) is 4.94. The SMILES string of the molecule is C=CCOc1c(Br)cc(/C=C2\SC(=O)N(Cc3ccccc3Br)C2=O)cc1OC. The summed E-state index contributed by atoms with van der Waals surface area (Å²) in [6.45, 7) is 4.18. The van der Waals surface area contributed by atoms with Crippen molar-refractivity contribution in [3.8, 4) is 11.5 Å². The van der Waals surface area contributed by atoms with Crippen LogP contribution >= 0.6 is 43.6 Å². The molecule has 1 aliphatic rings. The monoisotopic (exact) mass is 537 g/mol. The second-order valence-electron chi connectivity index (χ2n) is 5.99. The first kappa shape index (κ1) is 21.7. The van der Waals surface area contributed by atoms with Gasteiger partial charge in [-0.15, -0.1) is 0 Å². The maximum atomic E-state index is 12.8. The van der Waals surface area contributed by atoms with Gasteiger partial charge in [0.15, 0.2) is 11.5 Å². The number of imide groups is 1. The molecule has 3 rings (SSSR count). The molecule has 0 N–H and O–H groups in total. The zero-order chi connectivity index (χ0) is 21.0. The molecule has 1 aliphatic heterocycles. The summed E-state index contributed by atoms with van der Waals surface area (Å²) in [4.78, 5) is 26.8. The number of carbonyl (C=O) groups is 2.